The summed E-state index contributed by atoms with van der Waals surface area (Å²) in [6.07, 6.45) is 9.12. The molecule has 0 unspecified atom stereocenters. The SMILES string of the molecule is CC[C@@H](NC(=O)c1ccc2cnccc2c1)c1cnc(N)c(-c2cccc(C(=O)Nc3cnn(C)c3)c2)c1. The molecule has 2 amide bonds. The van der Waals surface area contributed by atoms with E-state index in [0.717, 1.165) is 21.9 Å². The average Bonchev–Trinajstić information content (AvgIpc) is 3.35. The fraction of sp³-hybridized carbons (Fsp3) is 0.138. The number of hydrogen-bond acceptors (Lipinski definition) is 6. The number of carbonyl (C=O) groups excluding carboxylic acids is 2. The third-order valence-corrected chi connectivity index (χ3v) is 6.36. The number of carbonyl (C=O) groups is 2. The Hall–Kier alpha value is -5.05. The van der Waals surface area contributed by atoms with Crippen molar-refractivity contribution >= 4 is 34.1 Å². The maximum atomic E-state index is 13.1. The van der Waals surface area contributed by atoms with Crippen LogP contribution in [0, 0.1) is 0 Å². The second kappa shape index (κ2) is 10.5. The first-order valence-electron chi connectivity index (χ1n) is 12.2. The molecule has 3 aromatic heterocycles. The standard InChI is InChI=1S/C29H27N7O2/c1-3-26(35-29(38)21-7-8-22-14-31-10-9-18(22)11-21)23-13-25(27(30)32-15-23)19-5-4-6-20(12-19)28(37)34-24-16-33-36(2)17-24/h4-17,26H,3H2,1-2H3,(H2,30,32)(H,34,37)(H,35,38)/t26-/m1/s1. The van der Waals surface area contributed by atoms with Gasteiger partial charge in [-0.25, -0.2) is 4.98 Å². The van der Waals surface area contributed by atoms with E-state index < -0.39 is 0 Å². The van der Waals surface area contributed by atoms with Gasteiger partial charge in [0.2, 0.25) is 0 Å². The van der Waals surface area contributed by atoms with Crippen molar-refractivity contribution in [1.29, 1.82) is 0 Å². The molecule has 0 aliphatic rings. The molecule has 38 heavy (non-hydrogen) atoms. The number of nitrogen functional groups attached to an aromatic ring is 1. The predicted molar refractivity (Wildman–Crippen MR) is 147 cm³/mol. The summed E-state index contributed by atoms with van der Waals surface area (Å²) in [6.45, 7) is 2.00. The van der Waals surface area contributed by atoms with E-state index in [1.165, 1.54) is 0 Å². The number of benzene rings is 2. The number of aromatic nitrogens is 4. The highest BCUT2D eigenvalue weighted by Crippen LogP contribution is 2.29. The van der Waals surface area contributed by atoms with Crippen molar-refractivity contribution in [2.45, 2.75) is 19.4 Å². The second-order valence-electron chi connectivity index (χ2n) is 9.01. The number of hydrogen-bond donors (Lipinski definition) is 3. The van der Waals surface area contributed by atoms with Gasteiger partial charge in [-0.2, -0.15) is 5.10 Å². The highest BCUT2D eigenvalue weighted by Gasteiger charge is 2.18. The third kappa shape index (κ3) is 5.22. The highest BCUT2D eigenvalue weighted by molar-refractivity contribution is 6.05. The Bertz CT molecular complexity index is 1640. The van der Waals surface area contributed by atoms with E-state index in [2.05, 4.69) is 25.7 Å². The van der Waals surface area contributed by atoms with Gasteiger partial charge in [0.15, 0.2) is 0 Å². The van der Waals surface area contributed by atoms with Gasteiger partial charge in [-0.3, -0.25) is 19.3 Å². The summed E-state index contributed by atoms with van der Waals surface area (Å²) in [4.78, 5) is 34.4. The van der Waals surface area contributed by atoms with E-state index in [4.69, 9.17) is 5.73 Å². The number of fused-ring (bicyclic) bond motifs is 1. The molecule has 190 valence electrons. The van der Waals surface area contributed by atoms with Gasteiger partial charge in [-0.1, -0.05) is 25.1 Å². The zero-order chi connectivity index (χ0) is 26.6. The molecule has 0 radical (unpaired) electrons. The molecule has 0 saturated carbocycles. The minimum atomic E-state index is -0.278. The smallest absolute Gasteiger partial charge is 0.255 e. The number of rotatable bonds is 7. The molecule has 0 spiro atoms. The molecule has 4 N–H and O–H groups in total. The fourth-order valence-corrected chi connectivity index (χ4v) is 4.32. The number of amides is 2. The summed E-state index contributed by atoms with van der Waals surface area (Å²) in [5, 5.41) is 11.9. The Balaban J connectivity index is 1.38. The van der Waals surface area contributed by atoms with Crippen LogP contribution in [0.1, 0.15) is 45.7 Å². The first-order chi connectivity index (χ1) is 18.4. The average molecular weight is 506 g/mol. The molecule has 9 nitrogen and oxygen atoms in total. The van der Waals surface area contributed by atoms with Crippen LogP contribution in [0.3, 0.4) is 0 Å². The fourth-order valence-electron chi connectivity index (χ4n) is 4.32. The Labute approximate surface area is 219 Å². The predicted octanol–water partition coefficient (Wildman–Crippen LogP) is 4.75. The first-order valence-corrected chi connectivity index (χ1v) is 12.2. The number of anilines is 2. The Morgan fingerprint density at radius 3 is 2.61 bits per heavy atom. The van der Waals surface area contributed by atoms with Crippen LogP contribution in [0.25, 0.3) is 21.9 Å². The Morgan fingerprint density at radius 2 is 1.82 bits per heavy atom. The van der Waals surface area contributed by atoms with Crippen LogP contribution in [0.5, 0.6) is 0 Å². The van der Waals surface area contributed by atoms with Crippen LogP contribution in [-0.4, -0.2) is 31.6 Å². The van der Waals surface area contributed by atoms with Gasteiger partial charge in [0.25, 0.3) is 11.8 Å². The lowest BCUT2D eigenvalue weighted by atomic mass is 9.98. The lowest BCUT2D eigenvalue weighted by molar-refractivity contribution is 0.0935. The summed E-state index contributed by atoms with van der Waals surface area (Å²) in [5.41, 5.74) is 10.1. The molecule has 5 aromatic rings. The first kappa shape index (κ1) is 24.6. The Kier molecular flexibility index (Phi) is 6.82. The van der Waals surface area contributed by atoms with Crippen molar-refractivity contribution in [2.24, 2.45) is 7.05 Å². The molecular formula is C29H27N7O2. The van der Waals surface area contributed by atoms with Crippen LogP contribution in [0.4, 0.5) is 11.5 Å². The highest BCUT2D eigenvalue weighted by atomic mass is 16.2. The lowest BCUT2D eigenvalue weighted by Crippen LogP contribution is -2.28. The van der Waals surface area contributed by atoms with Crippen molar-refractivity contribution in [3.05, 3.63) is 102 Å². The van der Waals surface area contributed by atoms with Crippen molar-refractivity contribution < 1.29 is 9.59 Å². The third-order valence-electron chi connectivity index (χ3n) is 6.36. The maximum absolute atomic E-state index is 13.1. The van der Waals surface area contributed by atoms with Crippen LogP contribution >= 0.6 is 0 Å². The minimum absolute atomic E-state index is 0.178. The van der Waals surface area contributed by atoms with Crippen LogP contribution in [-0.2, 0) is 7.05 Å². The maximum Gasteiger partial charge on any atom is 0.255 e. The van der Waals surface area contributed by atoms with Crippen molar-refractivity contribution in [2.75, 3.05) is 11.1 Å². The van der Waals surface area contributed by atoms with Gasteiger partial charge in [-0.15, -0.1) is 0 Å². The number of nitrogens with zero attached hydrogens (tertiary/aromatic N) is 4. The number of pyridine rings is 2. The number of nitrogens with two attached hydrogens (primary N) is 1. The van der Waals surface area contributed by atoms with E-state index in [1.54, 1.807) is 67.0 Å². The molecule has 0 aliphatic carbocycles. The zero-order valence-electron chi connectivity index (χ0n) is 21.1. The number of nitrogens with one attached hydrogen (secondary N) is 2. The molecule has 5 rings (SSSR count). The summed E-state index contributed by atoms with van der Waals surface area (Å²) < 4.78 is 1.62. The van der Waals surface area contributed by atoms with E-state index in [-0.39, 0.29) is 17.9 Å². The van der Waals surface area contributed by atoms with Crippen molar-refractivity contribution in [3.8, 4) is 11.1 Å². The normalized spacial score (nSPS) is 11.7. The molecule has 2 aromatic carbocycles. The monoisotopic (exact) mass is 505 g/mol. The van der Waals surface area contributed by atoms with Crippen molar-refractivity contribution in [1.82, 2.24) is 25.1 Å². The molecule has 9 heteroatoms. The minimum Gasteiger partial charge on any atom is -0.383 e. The lowest BCUT2D eigenvalue weighted by Gasteiger charge is -2.19. The Morgan fingerprint density at radius 1 is 0.974 bits per heavy atom. The molecule has 0 saturated heterocycles. The second-order valence-corrected chi connectivity index (χ2v) is 9.01. The van der Waals surface area contributed by atoms with Crippen LogP contribution in [0.2, 0.25) is 0 Å². The van der Waals surface area contributed by atoms with Gasteiger partial charge in [0.05, 0.1) is 17.9 Å². The van der Waals surface area contributed by atoms with E-state index in [0.29, 0.717) is 34.6 Å². The summed E-state index contributed by atoms with van der Waals surface area (Å²) in [5.74, 6) is -0.0988. The zero-order valence-corrected chi connectivity index (χ0v) is 21.1. The number of aryl methyl sites for hydroxylation is 1. The topological polar surface area (TPSA) is 128 Å². The van der Waals surface area contributed by atoms with Gasteiger partial charge < -0.3 is 16.4 Å². The molecule has 1 atom stereocenters. The molecular weight excluding hydrogens is 478 g/mol. The largest absolute Gasteiger partial charge is 0.383 e. The molecule has 0 aliphatic heterocycles. The summed E-state index contributed by atoms with van der Waals surface area (Å²) >= 11 is 0. The van der Waals surface area contributed by atoms with Gasteiger partial charge in [0.1, 0.15) is 5.82 Å². The van der Waals surface area contributed by atoms with Gasteiger partial charge in [0, 0.05) is 53.9 Å². The van der Waals surface area contributed by atoms with E-state index in [1.807, 2.05) is 37.3 Å². The molecule has 0 fully saturated rings. The van der Waals surface area contributed by atoms with Crippen molar-refractivity contribution in [3.63, 3.8) is 0 Å². The molecule has 0 bridgehead atoms. The van der Waals surface area contributed by atoms with E-state index in [9.17, 15) is 9.59 Å². The summed E-state index contributed by atoms with van der Waals surface area (Å²) in [7, 11) is 1.78. The molecule has 3 heterocycles. The summed E-state index contributed by atoms with van der Waals surface area (Å²) in [6, 6.07) is 16.2. The van der Waals surface area contributed by atoms with E-state index >= 15 is 0 Å². The quantitative estimate of drug-likeness (QED) is 0.293. The van der Waals surface area contributed by atoms with Crippen LogP contribution in [0.15, 0.2) is 85.6 Å². The van der Waals surface area contributed by atoms with Crippen LogP contribution < -0.4 is 16.4 Å². The van der Waals surface area contributed by atoms with Gasteiger partial charge in [-0.05, 0) is 59.3 Å². The van der Waals surface area contributed by atoms with Gasteiger partial charge >= 0.3 is 0 Å².